The minimum atomic E-state index is -0.534. The molecule has 0 aliphatic carbocycles. The molecule has 0 fully saturated rings. The van der Waals surface area contributed by atoms with Crippen LogP contribution in [0.3, 0.4) is 0 Å². The summed E-state index contributed by atoms with van der Waals surface area (Å²) in [4.78, 5) is 32.6. The van der Waals surface area contributed by atoms with Crippen LogP contribution in [-0.4, -0.2) is 48.5 Å². The normalized spacial score (nSPS) is 10.7. The van der Waals surface area contributed by atoms with Gasteiger partial charge in [0.25, 0.3) is 0 Å². The highest BCUT2D eigenvalue weighted by Crippen LogP contribution is 2.15. The van der Waals surface area contributed by atoms with Gasteiger partial charge in [0.2, 0.25) is 0 Å². The molecule has 4 aromatic rings. The molecular weight excluding hydrogens is 446 g/mol. The third kappa shape index (κ3) is 7.38. The molecule has 3 N–H and O–H groups in total. The number of anilines is 2. The predicted molar refractivity (Wildman–Crippen MR) is 136 cm³/mol. The molecule has 0 atom stereocenters. The van der Waals surface area contributed by atoms with Crippen LogP contribution < -0.4 is 16.0 Å². The smallest absolute Gasteiger partial charge is 0.412 e. The van der Waals surface area contributed by atoms with Gasteiger partial charge >= 0.3 is 12.2 Å². The second kappa shape index (κ2) is 12.3. The van der Waals surface area contributed by atoms with Crippen LogP contribution in [0.2, 0.25) is 0 Å². The van der Waals surface area contributed by atoms with Gasteiger partial charge in [-0.15, -0.1) is 0 Å². The molecule has 2 aromatic carbocycles. The molecular formula is C26H27N5O4. The van der Waals surface area contributed by atoms with E-state index < -0.39 is 12.2 Å². The van der Waals surface area contributed by atoms with E-state index in [1.807, 2.05) is 60.7 Å². The molecule has 9 heteroatoms. The van der Waals surface area contributed by atoms with Gasteiger partial charge in [-0.3, -0.25) is 10.6 Å². The molecule has 180 valence electrons. The molecule has 0 radical (unpaired) electrons. The summed E-state index contributed by atoms with van der Waals surface area (Å²) in [5.74, 6) is 0.902. The third-order valence-corrected chi connectivity index (χ3v) is 5.12. The highest BCUT2D eigenvalue weighted by atomic mass is 16.6. The summed E-state index contributed by atoms with van der Waals surface area (Å²) in [5.41, 5.74) is 1.61. The maximum atomic E-state index is 11.9. The number of carbonyl (C=O) groups is 2. The Morgan fingerprint density at radius 1 is 0.629 bits per heavy atom. The van der Waals surface area contributed by atoms with Gasteiger partial charge in [-0.2, -0.15) is 0 Å². The number of rotatable bonds is 10. The first-order valence-corrected chi connectivity index (χ1v) is 11.5. The van der Waals surface area contributed by atoms with Crippen molar-refractivity contribution in [3.05, 3.63) is 72.8 Å². The van der Waals surface area contributed by atoms with Gasteiger partial charge in [0.15, 0.2) is 0 Å². The second-order valence-electron chi connectivity index (χ2n) is 7.76. The van der Waals surface area contributed by atoms with E-state index in [-0.39, 0.29) is 13.2 Å². The van der Waals surface area contributed by atoms with Gasteiger partial charge in [-0.05, 0) is 62.3 Å². The highest BCUT2D eigenvalue weighted by Gasteiger charge is 2.06. The zero-order chi connectivity index (χ0) is 24.3. The van der Waals surface area contributed by atoms with Crippen LogP contribution >= 0.6 is 0 Å². The Bertz CT molecular complexity index is 1200. The van der Waals surface area contributed by atoms with E-state index >= 15 is 0 Å². The maximum absolute atomic E-state index is 11.9. The van der Waals surface area contributed by atoms with Crippen LogP contribution in [0.15, 0.2) is 72.8 Å². The predicted octanol–water partition coefficient (Wildman–Crippen LogP) is 4.95. The van der Waals surface area contributed by atoms with E-state index in [0.717, 1.165) is 21.8 Å². The van der Waals surface area contributed by atoms with E-state index in [4.69, 9.17) is 9.47 Å². The molecule has 0 aliphatic heterocycles. The lowest BCUT2D eigenvalue weighted by molar-refractivity contribution is 0.158. The Labute approximate surface area is 202 Å². The first-order valence-electron chi connectivity index (χ1n) is 11.5. The Hall–Kier alpha value is -4.24. The number of benzene rings is 2. The highest BCUT2D eigenvalue weighted by molar-refractivity contribution is 5.87. The molecule has 0 aliphatic rings. The minimum Gasteiger partial charge on any atom is -0.449 e. The lowest BCUT2D eigenvalue weighted by Gasteiger charge is -2.09. The van der Waals surface area contributed by atoms with Gasteiger partial charge in [0, 0.05) is 10.8 Å². The lowest BCUT2D eigenvalue weighted by atomic mass is 10.2. The Morgan fingerprint density at radius 2 is 1.09 bits per heavy atom. The lowest BCUT2D eigenvalue weighted by Crippen LogP contribution is -2.22. The van der Waals surface area contributed by atoms with Gasteiger partial charge in [-0.1, -0.05) is 36.4 Å². The summed E-state index contributed by atoms with van der Waals surface area (Å²) in [6.45, 7) is 1.91. The van der Waals surface area contributed by atoms with Crippen LogP contribution in [0.25, 0.3) is 21.8 Å². The Morgan fingerprint density at radius 3 is 1.57 bits per heavy atom. The average Bonchev–Trinajstić information content (AvgIpc) is 2.87. The Kier molecular flexibility index (Phi) is 8.39. The molecule has 2 aromatic heterocycles. The van der Waals surface area contributed by atoms with E-state index in [0.29, 0.717) is 37.6 Å². The largest absolute Gasteiger partial charge is 0.449 e. The molecule has 9 nitrogen and oxygen atoms in total. The molecule has 0 saturated heterocycles. The van der Waals surface area contributed by atoms with Crippen molar-refractivity contribution in [2.75, 3.05) is 36.9 Å². The number of carbonyl (C=O) groups excluding carboxylic acids is 2. The quantitative estimate of drug-likeness (QED) is 0.279. The summed E-state index contributed by atoms with van der Waals surface area (Å²) < 4.78 is 10.4. The van der Waals surface area contributed by atoms with Gasteiger partial charge in [0.05, 0.1) is 24.2 Å². The van der Waals surface area contributed by atoms with Crippen molar-refractivity contribution in [1.29, 1.82) is 0 Å². The van der Waals surface area contributed by atoms with Gasteiger partial charge < -0.3 is 14.8 Å². The number of hydrogen-bond acceptors (Lipinski definition) is 7. The number of pyridine rings is 2. The maximum Gasteiger partial charge on any atom is 0.412 e. The molecule has 0 unspecified atom stereocenters. The van der Waals surface area contributed by atoms with Crippen molar-refractivity contribution in [1.82, 2.24) is 15.3 Å². The molecule has 0 saturated carbocycles. The first kappa shape index (κ1) is 23.9. The summed E-state index contributed by atoms with van der Waals surface area (Å²) in [5, 5.41) is 10.5. The number of para-hydroxylation sites is 2. The number of ether oxygens (including phenoxy) is 2. The SMILES string of the molecule is O=C(Nc1ccc2ccccc2n1)OCCCNCCCOC(=O)Nc1ccc2ccccc2n1. The van der Waals surface area contributed by atoms with Crippen molar-refractivity contribution in [2.45, 2.75) is 12.8 Å². The Balaban J connectivity index is 1.03. The standard InChI is InChI=1S/C26H27N5O4/c32-25(30-23-13-11-19-7-1-3-9-21(19)28-23)34-17-5-15-27-16-6-18-35-26(33)31-24-14-12-20-8-2-4-10-22(20)29-24/h1-4,7-14,27H,5-6,15-18H2,(H,28,30,32)(H,29,31,33). The van der Waals surface area contributed by atoms with Crippen LogP contribution in [0, 0.1) is 0 Å². The van der Waals surface area contributed by atoms with Crippen molar-refractivity contribution < 1.29 is 19.1 Å². The number of hydrogen-bond donors (Lipinski definition) is 3. The zero-order valence-corrected chi connectivity index (χ0v) is 19.2. The molecule has 0 bridgehead atoms. The monoisotopic (exact) mass is 473 g/mol. The average molecular weight is 474 g/mol. The fourth-order valence-electron chi connectivity index (χ4n) is 3.40. The summed E-state index contributed by atoms with van der Waals surface area (Å²) >= 11 is 0. The number of amides is 2. The van der Waals surface area contributed by atoms with Crippen molar-refractivity contribution in [3.8, 4) is 0 Å². The van der Waals surface area contributed by atoms with Crippen molar-refractivity contribution in [2.24, 2.45) is 0 Å². The second-order valence-corrected chi connectivity index (χ2v) is 7.76. The van der Waals surface area contributed by atoms with E-state index in [2.05, 4.69) is 25.9 Å². The van der Waals surface area contributed by atoms with Crippen molar-refractivity contribution >= 4 is 45.6 Å². The summed E-state index contributed by atoms with van der Waals surface area (Å²) in [7, 11) is 0. The van der Waals surface area contributed by atoms with E-state index in [1.54, 1.807) is 12.1 Å². The van der Waals surface area contributed by atoms with Crippen LogP contribution in [0.4, 0.5) is 21.2 Å². The van der Waals surface area contributed by atoms with Crippen LogP contribution in [0.5, 0.6) is 0 Å². The first-order chi connectivity index (χ1) is 17.2. The molecule has 35 heavy (non-hydrogen) atoms. The van der Waals surface area contributed by atoms with E-state index in [9.17, 15) is 9.59 Å². The number of nitrogens with one attached hydrogen (secondary N) is 3. The zero-order valence-electron chi connectivity index (χ0n) is 19.2. The summed E-state index contributed by atoms with van der Waals surface area (Å²) in [6.07, 6.45) is 0.252. The number of fused-ring (bicyclic) bond motifs is 2. The topological polar surface area (TPSA) is 114 Å². The van der Waals surface area contributed by atoms with Crippen LogP contribution in [-0.2, 0) is 9.47 Å². The fraction of sp³-hybridized carbons (Fsp3) is 0.231. The molecule has 0 spiro atoms. The number of aromatic nitrogens is 2. The van der Waals surface area contributed by atoms with Crippen molar-refractivity contribution in [3.63, 3.8) is 0 Å². The number of nitrogens with zero attached hydrogens (tertiary/aromatic N) is 2. The van der Waals surface area contributed by atoms with Gasteiger partial charge in [-0.25, -0.2) is 19.6 Å². The van der Waals surface area contributed by atoms with E-state index in [1.165, 1.54) is 0 Å². The fourth-order valence-corrected chi connectivity index (χ4v) is 3.40. The van der Waals surface area contributed by atoms with Crippen LogP contribution in [0.1, 0.15) is 12.8 Å². The van der Waals surface area contributed by atoms with Gasteiger partial charge in [0.1, 0.15) is 11.6 Å². The molecule has 2 amide bonds. The molecule has 2 heterocycles. The molecule has 4 rings (SSSR count). The minimum absolute atomic E-state index is 0.282. The third-order valence-electron chi connectivity index (χ3n) is 5.12. The summed E-state index contributed by atoms with van der Waals surface area (Å²) in [6, 6.07) is 22.6.